The van der Waals surface area contributed by atoms with Crippen molar-refractivity contribution in [1.29, 1.82) is 0 Å². The van der Waals surface area contributed by atoms with Gasteiger partial charge < -0.3 is 14.6 Å². The van der Waals surface area contributed by atoms with Crippen LogP contribution in [0.4, 0.5) is 0 Å². The zero-order chi connectivity index (χ0) is 14.4. The summed E-state index contributed by atoms with van der Waals surface area (Å²) < 4.78 is 7.94. The topological polar surface area (TPSA) is 39.1 Å². The lowest BCUT2D eigenvalue weighted by atomic mass is 10.2. The van der Waals surface area contributed by atoms with Gasteiger partial charge in [-0.3, -0.25) is 0 Å². The fourth-order valence-corrected chi connectivity index (χ4v) is 1.98. The summed E-state index contributed by atoms with van der Waals surface area (Å²) in [4.78, 5) is 4.14. The van der Waals surface area contributed by atoms with Crippen molar-refractivity contribution in [1.82, 2.24) is 14.9 Å². The maximum atomic E-state index is 5.85. The van der Waals surface area contributed by atoms with Gasteiger partial charge in [0, 0.05) is 19.1 Å². The minimum atomic E-state index is 0.485. The molecule has 0 amide bonds. The highest BCUT2D eigenvalue weighted by atomic mass is 16.5. The van der Waals surface area contributed by atoms with Gasteiger partial charge in [0.05, 0.1) is 18.2 Å². The van der Waals surface area contributed by atoms with Gasteiger partial charge in [0.2, 0.25) is 0 Å². The summed E-state index contributed by atoms with van der Waals surface area (Å²) in [5.74, 6) is 0.900. The zero-order valence-electron chi connectivity index (χ0n) is 12.5. The Morgan fingerprint density at radius 1 is 1.35 bits per heavy atom. The van der Waals surface area contributed by atoms with Crippen molar-refractivity contribution >= 4 is 0 Å². The van der Waals surface area contributed by atoms with Crippen LogP contribution >= 0.6 is 0 Å². The molecule has 4 heteroatoms. The van der Waals surface area contributed by atoms with Gasteiger partial charge in [-0.2, -0.15) is 0 Å². The van der Waals surface area contributed by atoms with E-state index in [9.17, 15) is 0 Å². The highest BCUT2D eigenvalue weighted by molar-refractivity contribution is 5.28. The molecule has 0 saturated heterocycles. The van der Waals surface area contributed by atoms with Crippen LogP contribution in [0.3, 0.4) is 0 Å². The van der Waals surface area contributed by atoms with Crippen molar-refractivity contribution in [2.75, 3.05) is 0 Å². The molecule has 0 spiro atoms. The number of hydrogen-bond acceptors (Lipinski definition) is 3. The predicted octanol–water partition coefficient (Wildman–Crippen LogP) is 2.98. The van der Waals surface area contributed by atoms with E-state index in [4.69, 9.17) is 4.74 Å². The van der Waals surface area contributed by atoms with E-state index in [2.05, 4.69) is 47.8 Å². The molecule has 1 aromatic carbocycles. The minimum absolute atomic E-state index is 0.485. The van der Waals surface area contributed by atoms with Crippen LogP contribution in [0.25, 0.3) is 0 Å². The lowest BCUT2D eigenvalue weighted by Gasteiger charge is -2.11. The maximum Gasteiger partial charge on any atom is 0.130 e. The average Bonchev–Trinajstić information content (AvgIpc) is 2.91. The molecule has 0 atom stereocenters. The highest BCUT2D eigenvalue weighted by Crippen LogP contribution is 2.15. The molecule has 2 rings (SSSR count). The number of rotatable bonds is 7. The fraction of sp³-hybridized carbons (Fsp3) is 0.438. The van der Waals surface area contributed by atoms with Crippen molar-refractivity contribution in [3.63, 3.8) is 0 Å². The standard InChI is InChI=1S/C16H23N3O/c1-4-19-12-17-10-15(19)11-20-16-7-5-6-14(8-16)9-18-13(2)3/h5-8,10,12-13,18H,4,9,11H2,1-3H3. The van der Waals surface area contributed by atoms with Crippen LogP contribution in [-0.2, 0) is 19.7 Å². The molecule has 0 aliphatic rings. The Morgan fingerprint density at radius 2 is 2.20 bits per heavy atom. The Labute approximate surface area is 120 Å². The fourth-order valence-electron chi connectivity index (χ4n) is 1.98. The number of aromatic nitrogens is 2. The lowest BCUT2D eigenvalue weighted by Crippen LogP contribution is -2.21. The summed E-state index contributed by atoms with van der Waals surface area (Å²) in [5, 5.41) is 3.41. The van der Waals surface area contributed by atoms with Crippen LogP contribution in [0.1, 0.15) is 32.0 Å². The van der Waals surface area contributed by atoms with E-state index < -0.39 is 0 Å². The number of aryl methyl sites for hydroxylation is 1. The molecule has 0 radical (unpaired) electrons. The molecule has 0 fully saturated rings. The van der Waals surface area contributed by atoms with E-state index >= 15 is 0 Å². The van der Waals surface area contributed by atoms with E-state index in [-0.39, 0.29) is 0 Å². The number of ether oxygens (including phenoxy) is 1. The molecule has 1 aromatic heterocycles. The third-order valence-electron chi connectivity index (χ3n) is 3.14. The molecule has 0 aliphatic carbocycles. The second-order valence-corrected chi connectivity index (χ2v) is 5.14. The lowest BCUT2D eigenvalue weighted by molar-refractivity contribution is 0.295. The quantitative estimate of drug-likeness (QED) is 0.843. The van der Waals surface area contributed by atoms with Gasteiger partial charge in [0.15, 0.2) is 0 Å². The van der Waals surface area contributed by atoms with E-state index in [0.29, 0.717) is 12.6 Å². The first-order chi connectivity index (χ1) is 9.69. The summed E-state index contributed by atoms with van der Waals surface area (Å²) in [6.45, 7) is 8.72. The molecule has 1 heterocycles. The third-order valence-corrected chi connectivity index (χ3v) is 3.14. The van der Waals surface area contributed by atoms with Crippen LogP contribution < -0.4 is 10.1 Å². The van der Waals surface area contributed by atoms with E-state index in [1.807, 2.05) is 24.7 Å². The van der Waals surface area contributed by atoms with Crippen molar-refractivity contribution < 1.29 is 4.74 Å². The van der Waals surface area contributed by atoms with Gasteiger partial charge in [-0.05, 0) is 24.6 Å². The zero-order valence-corrected chi connectivity index (χ0v) is 12.5. The number of nitrogens with one attached hydrogen (secondary N) is 1. The molecule has 1 N–H and O–H groups in total. The van der Waals surface area contributed by atoms with Crippen LogP contribution in [0.15, 0.2) is 36.8 Å². The summed E-state index contributed by atoms with van der Waals surface area (Å²) in [5.41, 5.74) is 2.33. The van der Waals surface area contributed by atoms with Crippen molar-refractivity contribution in [2.45, 2.75) is 46.5 Å². The summed E-state index contributed by atoms with van der Waals surface area (Å²) in [6, 6.07) is 8.70. The van der Waals surface area contributed by atoms with Crippen LogP contribution in [0, 0.1) is 0 Å². The van der Waals surface area contributed by atoms with Crippen LogP contribution in [-0.4, -0.2) is 15.6 Å². The van der Waals surface area contributed by atoms with E-state index in [1.165, 1.54) is 5.56 Å². The number of benzene rings is 1. The second kappa shape index (κ2) is 7.10. The van der Waals surface area contributed by atoms with Crippen molar-refractivity contribution in [2.24, 2.45) is 0 Å². The largest absolute Gasteiger partial charge is 0.487 e. The minimum Gasteiger partial charge on any atom is -0.487 e. The normalized spacial score (nSPS) is 11.0. The Bertz CT molecular complexity index is 534. The van der Waals surface area contributed by atoms with Gasteiger partial charge >= 0.3 is 0 Å². The smallest absolute Gasteiger partial charge is 0.130 e. The van der Waals surface area contributed by atoms with Crippen LogP contribution in [0.2, 0.25) is 0 Å². The number of hydrogen-bond donors (Lipinski definition) is 1. The van der Waals surface area contributed by atoms with E-state index in [1.54, 1.807) is 0 Å². The summed E-state index contributed by atoms with van der Waals surface area (Å²) in [7, 11) is 0. The van der Waals surface area contributed by atoms with Gasteiger partial charge in [-0.25, -0.2) is 4.98 Å². The molecule has 2 aromatic rings. The first-order valence-corrected chi connectivity index (χ1v) is 7.13. The Morgan fingerprint density at radius 3 is 2.95 bits per heavy atom. The molecule has 0 unspecified atom stereocenters. The molecule has 4 nitrogen and oxygen atoms in total. The molecule has 0 aliphatic heterocycles. The second-order valence-electron chi connectivity index (χ2n) is 5.14. The highest BCUT2D eigenvalue weighted by Gasteiger charge is 2.03. The average molecular weight is 273 g/mol. The van der Waals surface area contributed by atoms with Crippen molar-refractivity contribution in [3.8, 4) is 5.75 Å². The Kier molecular flexibility index (Phi) is 5.18. The number of nitrogens with zero attached hydrogens (tertiary/aromatic N) is 2. The van der Waals surface area contributed by atoms with Gasteiger partial charge in [0.25, 0.3) is 0 Å². The van der Waals surface area contributed by atoms with Gasteiger partial charge in [-0.1, -0.05) is 26.0 Å². The van der Waals surface area contributed by atoms with E-state index in [0.717, 1.165) is 24.5 Å². The van der Waals surface area contributed by atoms with Gasteiger partial charge in [0.1, 0.15) is 12.4 Å². The first kappa shape index (κ1) is 14.6. The third kappa shape index (κ3) is 4.10. The van der Waals surface area contributed by atoms with Crippen molar-refractivity contribution in [3.05, 3.63) is 48.0 Å². The SMILES string of the molecule is CCn1cncc1COc1cccc(CNC(C)C)c1. The Balaban J connectivity index is 1.94. The molecule has 20 heavy (non-hydrogen) atoms. The summed E-state index contributed by atoms with van der Waals surface area (Å²) in [6.07, 6.45) is 3.69. The van der Waals surface area contributed by atoms with Crippen LogP contribution in [0.5, 0.6) is 5.75 Å². The molecular formula is C16H23N3O. The summed E-state index contributed by atoms with van der Waals surface area (Å²) >= 11 is 0. The molecule has 0 bridgehead atoms. The molecule has 0 saturated carbocycles. The molecule has 108 valence electrons. The monoisotopic (exact) mass is 273 g/mol. The van der Waals surface area contributed by atoms with Gasteiger partial charge in [-0.15, -0.1) is 0 Å². The first-order valence-electron chi connectivity index (χ1n) is 7.13. The molecular weight excluding hydrogens is 250 g/mol. The predicted molar refractivity (Wildman–Crippen MR) is 80.7 cm³/mol. The maximum absolute atomic E-state index is 5.85. The number of imidazole rings is 1. The Hall–Kier alpha value is -1.81.